The van der Waals surface area contributed by atoms with Crippen molar-refractivity contribution in [3.63, 3.8) is 0 Å². The van der Waals surface area contributed by atoms with Gasteiger partial charge in [0.05, 0.1) is 17.6 Å². The summed E-state index contributed by atoms with van der Waals surface area (Å²) in [6.45, 7) is 0.847. The number of hydrogen-bond donors (Lipinski definition) is 1. The molecule has 0 atom stereocenters. The predicted octanol–water partition coefficient (Wildman–Crippen LogP) is 1.73. The molecule has 0 aliphatic heterocycles. The molecule has 0 fully saturated rings. The van der Waals surface area contributed by atoms with Crippen LogP contribution in [0.25, 0.3) is 0 Å². The largest absolute Gasteiger partial charge is 0.383 e. The monoisotopic (exact) mass is 217 g/mol. The summed E-state index contributed by atoms with van der Waals surface area (Å²) in [7, 11) is 0. The van der Waals surface area contributed by atoms with Gasteiger partial charge < -0.3 is 5.32 Å². The Morgan fingerprint density at radius 3 is 3.00 bits per heavy atom. The maximum atomic E-state index is 8.55. The van der Waals surface area contributed by atoms with Gasteiger partial charge in [-0.3, -0.25) is 0 Å². The number of rotatable bonds is 5. The van der Waals surface area contributed by atoms with Crippen molar-refractivity contribution in [1.29, 1.82) is 5.26 Å². The van der Waals surface area contributed by atoms with Gasteiger partial charge in [0.2, 0.25) is 0 Å². The lowest BCUT2D eigenvalue weighted by Crippen LogP contribution is -2.04. The third-order valence-electron chi connectivity index (χ3n) is 1.64. The SMILES string of the molecule is C#CCSCCNc1ccc(C#N)nc1. The van der Waals surface area contributed by atoms with Crippen LogP contribution in [0.3, 0.4) is 0 Å². The molecule has 0 aliphatic carbocycles. The van der Waals surface area contributed by atoms with Crippen molar-refractivity contribution in [3.8, 4) is 18.4 Å². The van der Waals surface area contributed by atoms with E-state index < -0.39 is 0 Å². The lowest BCUT2D eigenvalue weighted by Gasteiger charge is -2.04. The zero-order valence-corrected chi connectivity index (χ0v) is 9.05. The zero-order valence-electron chi connectivity index (χ0n) is 8.23. The van der Waals surface area contributed by atoms with E-state index in [-0.39, 0.29) is 0 Å². The van der Waals surface area contributed by atoms with E-state index in [0.29, 0.717) is 5.69 Å². The third kappa shape index (κ3) is 4.39. The fraction of sp³-hybridized carbons (Fsp3) is 0.273. The molecule has 0 saturated carbocycles. The zero-order chi connectivity index (χ0) is 10.9. The molecule has 0 bridgehead atoms. The summed E-state index contributed by atoms with van der Waals surface area (Å²) in [5.41, 5.74) is 1.36. The second kappa shape index (κ2) is 6.75. The maximum absolute atomic E-state index is 8.55. The fourth-order valence-electron chi connectivity index (χ4n) is 0.963. The smallest absolute Gasteiger partial charge is 0.140 e. The van der Waals surface area contributed by atoms with E-state index in [1.807, 2.05) is 12.1 Å². The minimum Gasteiger partial charge on any atom is -0.383 e. The number of aromatic nitrogens is 1. The molecule has 0 aromatic carbocycles. The van der Waals surface area contributed by atoms with Crippen LogP contribution >= 0.6 is 11.8 Å². The average Bonchev–Trinajstić information content (AvgIpc) is 2.30. The normalized spacial score (nSPS) is 8.93. The molecular formula is C11H11N3S. The maximum Gasteiger partial charge on any atom is 0.140 e. The fourth-order valence-corrected chi connectivity index (χ4v) is 1.47. The van der Waals surface area contributed by atoms with Crippen LogP contribution in [-0.2, 0) is 0 Å². The molecular weight excluding hydrogens is 206 g/mol. The van der Waals surface area contributed by atoms with Crippen molar-refractivity contribution in [2.24, 2.45) is 0 Å². The number of anilines is 1. The number of hydrogen-bond acceptors (Lipinski definition) is 4. The number of nitriles is 1. The summed E-state index contributed by atoms with van der Waals surface area (Å²) < 4.78 is 0. The van der Waals surface area contributed by atoms with E-state index in [2.05, 4.69) is 16.2 Å². The molecule has 0 spiro atoms. The summed E-state index contributed by atoms with van der Waals surface area (Å²) in [6, 6.07) is 5.51. The van der Waals surface area contributed by atoms with Crippen LogP contribution in [0, 0.1) is 23.7 Å². The molecule has 0 aliphatic rings. The Morgan fingerprint density at radius 2 is 2.40 bits per heavy atom. The van der Waals surface area contributed by atoms with Gasteiger partial charge in [-0.1, -0.05) is 5.92 Å². The van der Waals surface area contributed by atoms with Gasteiger partial charge in [0.25, 0.3) is 0 Å². The Bertz CT molecular complexity index is 372. The van der Waals surface area contributed by atoms with E-state index in [1.165, 1.54) is 0 Å². The van der Waals surface area contributed by atoms with Crippen LogP contribution in [0.15, 0.2) is 18.3 Å². The van der Waals surface area contributed by atoms with E-state index in [4.69, 9.17) is 11.7 Å². The van der Waals surface area contributed by atoms with Crippen LogP contribution in [0.2, 0.25) is 0 Å². The first-order valence-electron chi connectivity index (χ1n) is 4.48. The standard InChI is InChI=1S/C11H11N3S/c1-2-6-15-7-5-13-11-4-3-10(8-12)14-9-11/h1,3-4,9,13H,5-7H2. The molecule has 0 unspecified atom stereocenters. The number of nitrogens with one attached hydrogen (secondary N) is 1. The predicted molar refractivity (Wildman–Crippen MR) is 63.6 cm³/mol. The van der Waals surface area contributed by atoms with Crippen LogP contribution < -0.4 is 5.32 Å². The van der Waals surface area contributed by atoms with Gasteiger partial charge in [-0.2, -0.15) is 5.26 Å². The van der Waals surface area contributed by atoms with Gasteiger partial charge in [-0.25, -0.2) is 4.98 Å². The molecule has 1 heterocycles. The molecule has 1 aromatic heterocycles. The second-order valence-electron chi connectivity index (χ2n) is 2.73. The highest BCUT2D eigenvalue weighted by atomic mass is 32.2. The molecule has 1 N–H and O–H groups in total. The van der Waals surface area contributed by atoms with Crippen LogP contribution in [0.4, 0.5) is 5.69 Å². The van der Waals surface area contributed by atoms with Crippen molar-refractivity contribution in [3.05, 3.63) is 24.0 Å². The summed E-state index contributed by atoms with van der Waals surface area (Å²) >= 11 is 1.71. The highest BCUT2D eigenvalue weighted by Gasteiger charge is 1.93. The average molecular weight is 217 g/mol. The summed E-state index contributed by atoms with van der Waals surface area (Å²) in [5.74, 6) is 4.27. The molecule has 0 saturated heterocycles. The van der Waals surface area contributed by atoms with Crippen molar-refractivity contribution < 1.29 is 0 Å². The van der Waals surface area contributed by atoms with E-state index in [0.717, 1.165) is 23.7 Å². The van der Waals surface area contributed by atoms with Gasteiger partial charge in [0, 0.05) is 12.3 Å². The lowest BCUT2D eigenvalue weighted by molar-refractivity contribution is 1.19. The van der Waals surface area contributed by atoms with Crippen molar-refractivity contribution >= 4 is 17.4 Å². The molecule has 0 radical (unpaired) electrons. The summed E-state index contributed by atoms with van der Waals surface area (Å²) in [5, 5.41) is 11.7. The quantitative estimate of drug-likeness (QED) is 0.603. The molecule has 15 heavy (non-hydrogen) atoms. The van der Waals surface area contributed by atoms with Gasteiger partial charge in [0.15, 0.2) is 0 Å². The van der Waals surface area contributed by atoms with Gasteiger partial charge in [-0.05, 0) is 12.1 Å². The van der Waals surface area contributed by atoms with E-state index >= 15 is 0 Å². The first kappa shape index (κ1) is 11.4. The topological polar surface area (TPSA) is 48.7 Å². The number of pyridine rings is 1. The van der Waals surface area contributed by atoms with Crippen molar-refractivity contribution in [2.75, 3.05) is 23.4 Å². The van der Waals surface area contributed by atoms with E-state index in [9.17, 15) is 0 Å². The Morgan fingerprint density at radius 1 is 1.53 bits per heavy atom. The Labute approximate surface area is 93.9 Å². The molecule has 0 amide bonds. The Kier molecular flexibility index (Phi) is 5.14. The van der Waals surface area contributed by atoms with Gasteiger partial charge in [-0.15, -0.1) is 18.2 Å². The van der Waals surface area contributed by atoms with Crippen molar-refractivity contribution in [1.82, 2.24) is 4.98 Å². The Hall–Kier alpha value is -1.65. The number of thioether (sulfide) groups is 1. The Balaban J connectivity index is 2.27. The minimum atomic E-state index is 0.433. The molecule has 3 nitrogen and oxygen atoms in total. The van der Waals surface area contributed by atoms with Crippen LogP contribution in [0.5, 0.6) is 0 Å². The van der Waals surface area contributed by atoms with E-state index in [1.54, 1.807) is 24.0 Å². The van der Waals surface area contributed by atoms with Crippen molar-refractivity contribution in [2.45, 2.75) is 0 Å². The summed E-state index contributed by atoms with van der Waals surface area (Å²) in [6.07, 6.45) is 6.78. The molecule has 76 valence electrons. The second-order valence-corrected chi connectivity index (χ2v) is 3.83. The van der Waals surface area contributed by atoms with Gasteiger partial charge >= 0.3 is 0 Å². The molecule has 4 heteroatoms. The highest BCUT2D eigenvalue weighted by Crippen LogP contribution is 2.06. The van der Waals surface area contributed by atoms with Crippen LogP contribution in [-0.4, -0.2) is 23.0 Å². The first-order valence-corrected chi connectivity index (χ1v) is 5.63. The minimum absolute atomic E-state index is 0.433. The third-order valence-corrected chi connectivity index (χ3v) is 2.50. The van der Waals surface area contributed by atoms with Crippen LogP contribution in [0.1, 0.15) is 5.69 Å². The first-order chi connectivity index (χ1) is 7.36. The summed E-state index contributed by atoms with van der Waals surface area (Å²) in [4.78, 5) is 3.95. The molecule has 1 rings (SSSR count). The highest BCUT2D eigenvalue weighted by molar-refractivity contribution is 7.99. The molecule has 1 aromatic rings. The number of nitrogens with zero attached hydrogens (tertiary/aromatic N) is 2. The van der Waals surface area contributed by atoms with Gasteiger partial charge in [0.1, 0.15) is 11.8 Å². The number of terminal acetylenes is 1. The lowest BCUT2D eigenvalue weighted by atomic mass is 10.3.